The predicted molar refractivity (Wildman–Crippen MR) is 83.6 cm³/mol. The first kappa shape index (κ1) is 14.5. The lowest BCUT2D eigenvalue weighted by molar-refractivity contribution is 0.0968. The Morgan fingerprint density at radius 1 is 1.47 bits per heavy atom. The van der Waals surface area contributed by atoms with E-state index in [9.17, 15) is 4.79 Å². The number of nitrogens with zero attached hydrogens (tertiary/aromatic N) is 1. The lowest BCUT2D eigenvalue weighted by Crippen LogP contribution is -2.27. The molecule has 1 fully saturated rings. The average molecular weight is 300 g/mol. The van der Waals surface area contributed by atoms with Gasteiger partial charge in [-0.15, -0.1) is 23.1 Å². The molecule has 2 rings (SSSR count). The molecule has 0 aromatic carbocycles. The Bertz CT molecular complexity index is 453. The van der Waals surface area contributed by atoms with Crippen molar-refractivity contribution < 1.29 is 4.79 Å². The SMILES string of the molecule is CNC(=O)c1sc(N2CCCNCC2)c(SC)c1N. The molecule has 4 N–H and O–H groups in total. The van der Waals surface area contributed by atoms with E-state index < -0.39 is 0 Å². The number of nitrogens with two attached hydrogens (primary N) is 1. The van der Waals surface area contributed by atoms with Gasteiger partial charge in [-0.05, 0) is 19.2 Å². The molecule has 1 saturated heterocycles. The summed E-state index contributed by atoms with van der Waals surface area (Å²) in [6.45, 7) is 3.99. The van der Waals surface area contributed by atoms with Crippen molar-refractivity contribution in [1.82, 2.24) is 10.6 Å². The van der Waals surface area contributed by atoms with Crippen LogP contribution >= 0.6 is 23.1 Å². The van der Waals surface area contributed by atoms with Crippen LogP contribution in [0.3, 0.4) is 0 Å². The number of nitrogens with one attached hydrogen (secondary N) is 2. The van der Waals surface area contributed by atoms with Crippen molar-refractivity contribution in [3.05, 3.63) is 4.88 Å². The third-order valence-electron chi connectivity index (χ3n) is 3.15. The molecular formula is C12H20N4OS2. The van der Waals surface area contributed by atoms with Crippen molar-refractivity contribution in [2.75, 3.05) is 50.1 Å². The predicted octanol–water partition coefficient (Wildman–Crippen LogP) is 1.21. The Balaban J connectivity index is 2.35. The van der Waals surface area contributed by atoms with Gasteiger partial charge in [-0.1, -0.05) is 0 Å². The molecule has 0 bridgehead atoms. The van der Waals surface area contributed by atoms with Gasteiger partial charge in [0.15, 0.2) is 0 Å². The molecule has 1 aromatic rings. The van der Waals surface area contributed by atoms with Crippen LogP contribution in [0, 0.1) is 0 Å². The van der Waals surface area contributed by atoms with Crippen molar-refractivity contribution in [2.45, 2.75) is 11.3 Å². The molecule has 1 aliphatic rings. The fourth-order valence-corrected chi connectivity index (χ4v) is 4.33. The molecule has 7 heteroatoms. The first-order valence-corrected chi connectivity index (χ1v) is 8.37. The zero-order chi connectivity index (χ0) is 13.8. The summed E-state index contributed by atoms with van der Waals surface area (Å²) < 4.78 is 0. The van der Waals surface area contributed by atoms with Gasteiger partial charge in [0.1, 0.15) is 9.88 Å². The van der Waals surface area contributed by atoms with Crippen LogP contribution in [0.4, 0.5) is 10.7 Å². The number of rotatable bonds is 3. The summed E-state index contributed by atoms with van der Waals surface area (Å²) in [5.41, 5.74) is 6.74. The third kappa shape index (κ3) is 2.98. The van der Waals surface area contributed by atoms with E-state index in [0.717, 1.165) is 42.5 Å². The smallest absolute Gasteiger partial charge is 0.263 e. The topological polar surface area (TPSA) is 70.4 Å². The third-order valence-corrected chi connectivity index (χ3v) is 5.36. The van der Waals surface area contributed by atoms with Crippen molar-refractivity contribution >= 4 is 39.7 Å². The van der Waals surface area contributed by atoms with Gasteiger partial charge < -0.3 is 21.3 Å². The highest BCUT2D eigenvalue weighted by molar-refractivity contribution is 7.99. The van der Waals surface area contributed by atoms with Crippen molar-refractivity contribution in [3.8, 4) is 0 Å². The Labute approximate surface area is 121 Å². The van der Waals surface area contributed by atoms with Crippen LogP contribution in [-0.4, -0.2) is 45.4 Å². The zero-order valence-corrected chi connectivity index (χ0v) is 12.9. The summed E-state index contributed by atoms with van der Waals surface area (Å²) in [6.07, 6.45) is 3.12. The maximum atomic E-state index is 11.8. The molecule has 2 heterocycles. The maximum absolute atomic E-state index is 11.8. The first-order chi connectivity index (χ1) is 9.19. The highest BCUT2D eigenvalue weighted by Crippen LogP contribution is 2.43. The van der Waals surface area contributed by atoms with Gasteiger partial charge in [-0.2, -0.15) is 0 Å². The standard InChI is InChI=1S/C12H20N4OS2/c1-14-11(17)9-8(13)10(18-2)12(19-9)16-6-3-4-15-5-7-16/h15H,3-7,13H2,1-2H3,(H,14,17). The van der Waals surface area contributed by atoms with E-state index in [1.165, 1.54) is 11.3 Å². The fourth-order valence-electron chi connectivity index (χ4n) is 2.15. The number of hydrogen-bond donors (Lipinski definition) is 3. The minimum Gasteiger partial charge on any atom is -0.396 e. The number of thioether (sulfide) groups is 1. The van der Waals surface area contributed by atoms with Gasteiger partial charge in [-0.3, -0.25) is 4.79 Å². The van der Waals surface area contributed by atoms with E-state index in [2.05, 4.69) is 15.5 Å². The van der Waals surface area contributed by atoms with Crippen molar-refractivity contribution in [1.29, 1.82) is 0 Å². The molecule has 0 spiro atoms. The van der Waals surface area contributed by atoms with Gasteiger partial charge in [0.05, 0.1) is 10.6 Å². The Morgan fingerprint density at radius 2 is 2.26 bits per heavy atom. The first-order valence-electron chi connectivity index (χ1n) is 6.33. The highest BCUT2D eigenvalue weighted by atomic mass is 32.2. The van der Waals surface area contributed by atoms with Crippen LogP contribution in [0.15, 0.2) is 4.90 Å². The Morgan fingerprint density at radius 3 is 2.95 bits per heavy atom. The number of hydrogen-bond acceptors (Lipinski definition) is 6. The molecule has 5 nitrogen and oxygen atoms in total. The summed E-state index contributed by atoms with van der Waals surface area (Å²) >= 11 is 3.11. The number of carbonyl (C=O) groups excluding carboxylic acids is 1. The van der Waals surface area contributed by atoms with Crippen LogP contribution in [0.1, 0.15) is 16.1 Å². The minimum absolute atomic E-state index is 0.100. The minimum atomic E-state index is -0.100. The molecule has 0 atom stereocenters. The number of nitrogen functional groups attached to an aromatic ring is 1. The summed E-state index contributed by atoms with van der Waals surface area (Å²) in [7, 11) is 1.63. The molecule has 1 amide bonds. The number of anilines is 2. The largest absolute Gasteiger partial charge is 0.396 e. The average Bonchev–Trinajstić information content (AvgIpc) is 2.61. The van der Waals surface area contributed by atoms with Gasteiger partial charge in [0.2, 0.25) is 0 Å². The Hall–Kier alpha value is -0.920. The van der Waals surface area contributed by atoms with Crippen LogP contribution in [-0.2, 0) is 0 Å². The lowest BCUT2D eigenvalue weighted by atomic mass is 10.3. The van der Waals surface area contributed by atoms with E-state index in [-0.39, 0.29) is 5.91 Å². The van der Waals surface area contributed by atoms with Gasteiger partial charge >= 0.3 is 0 Å². The van der Waals surface area contributed by atoms with Crippen LogP contribution < -0.4 is 21.3 Å². The van der Waals surface area contributed by atoms with E-state index in [0.29, 0.717) is 10.6 Å². The Kier molecular flexibility index (Phi) is 4.95. The van der Waals surface area contributed by atoms with Gasteiger partial charge in [-0.25, -0.2) is 0 Å². The monoisotopic (exact) mass is 300 g/mol. The molecule has 106 valence electrons. The zero-order valence-electron chi connectivity index (χ0n) is 11.3. The van der Waals surface area contributed by atoms with Crippen LogP contribution in [0.25, 0.3) is 0 Å². The second kappa shape index (κ2) is 6.49. The molecule has 0 unspecified atom stereocenters. The highest BCUT2D eigenvalue weighted by Gasteiger charge is 2.23. The number of thiophene rings is 1. The summed E-state index contributed by atoms with van der Waals surface area (Å²) in [5, 5.41) is 7.17. The second-order valence-electron chi connectivity index (χ2n) is 4.35. The van der Waals surface area contributed by atoms with Gasteiger partial charge in [0, 0.05) is 26.7 Å². The quantitative estimate of drug-likeness (QED) is 0.732. The van der Waals surface area contributed by atoms with Crippen molar-refractivity contribution in [2.24, 2.45) is 0 Å². The molecule has 1 aliphatic heterocycles. The van der Waals surface area contributed by atoms with E-state index in [1.54, 1.807) is 18.8 Å². The van der Waals surface area contributed by atoms with Crippen LogP contribution in [0.5, 0.6) is 0 Å². The van der Waals surface area contributed by atoms with E-state index in [4.69, 9.17) is 5.73 Å². The molecule has 0 aliphatic carbocycles. The molecule has 0 radical (unpaired) electrons. The molecule has 1 aromatic heterocycles. The second-order valence-corrected chi connectivity index (χ2v) is 6.17. The number of carbonyl (C=O) groups is 1. The van der Waals surface area contributed by atoms with Crippen LogP contribution in [0.2, 0.25) is 0 Å². The fraction of sp³-hybridized carbons (Fsp3) is 0.583. The normalized spacial score (nSPS) is 16.2. The summed E-state index contributed by atoms with van der Waals surface area (Å²) in [6, 6.07) is 0. The lowest BCUT2D eigenvalue weighted by Gasteiger charge is -2.21. The van der Waals surface area contributed by atoms with E-state index >= 15 is 0 Å². The maximum Gasteiger partial charge on any atom is 0.263 e. The number of amides is 1. The molecular weight excluding hydrogens is 280 g/mol. The molecule has 19 heavy (non-hydrogen) atoms. The molecule has 0 saturated carbocycles. The summed E-state index contributed by atoms with van der Waals surface area (Å²) in [4.78, 5) is 15.8. The van der Waals surface area contributed by atoms with E-state index in [1.807, 2.05) is 6.26 Å². The van der Waals surface area contributed by atoms with Crippen molar-refractivity contribution in [3.63, 3.8) is 0 Å². The summed E-state index contributed by atoms with van der Waals surface area (Å²) in [5.74, 6) is -0.100. The van der Waals surface area contributed by atoms with Gasteiger partial charge in [0.25, 0.3) is 5.91 Å².